The molecule has 1 aliphatic heterocycles. The van der Waals surface area contributed by atoms with Crippen LogP contribution in [0.3, 0.4) is 0 Å². The van der Waals surface area contributed by atoms with Gasteiger partial charge in [0.1, 0.15) is 17.4 Å². The minimum absolute atomic E-state index is 0.0360. The number of furan rings is 1. The summed E-state index contributed by atoms with van der Waals surface area (Å²) in [5.74, 6) is -0.553. The van der Waals surface area contributed by atoms with Gasteiger partial charge in [-0.15, -0.1) is 0 Å². The highest BCUT2D eigenvalue weighted by Crippen LogP contribution is 2.27. The number of nitrogens with zero attached hydrogens (tertiary/aromatic N) is 1. The number of hydrogen-bond donors (Lipinski definition) is 3. The molecule has 48 heavy (non-hydrogen) atoms. The summed E-state index contributed by atoms with van der Waals surface area (Å²) in [7, 11) is 0. The number of hydrogen-bond acceptors (Lipinski definition) is 7. The standard InChI is InChI=1S/C38H39N3O7/c1-23-6-11-26(12-7-23)31-20-21-33(46-31)35(42)40-30(36(43)44)22-25-9-13-28(14-10-25)34-24(2)8-19-32(48-41-34)27-15-17-29(18-16-27)39-37(45)47-38(3,4)5/h6-7,9-21,24,30H,8,22H2,1-5H3,(H,39,45)(H,40,42)(H,43,44). The predicted molar refractivity (Wildman–Crippen MR) is 184 cm³/mol. The molecule has 2 atom stereocenters. The van der Waals surface area contributed by atoms with Crippen LogP contribution in [0.5, 0.6) is 0 Å². The van der Waals surface area contributed by atoms with Crippen molar-refractivity contribution in [3.05, 3.63) is 119 Å². The van der Waals surface area contributed by atoms with Gasteiger partial charge < -0.3 is 24.4 Å². The third-order valence-electron chi connectivity index (χ3n) is 7.64. The summed E-state index contributed by atoms with van der Waals surface area (Å²) in [5.41, 5.74) is 5.05. The van der Waals surface area contributed by atoms with E-state index < -0.39 is 29.6 Å². The van der Waals surface area contributed by atoms with E-state index in [1.54, 1.807) is 39.0 Å². The number of oxime groups is 1. The van der Waals surface area contributed by atoms with Gasteiger partial charge in [-0.25, -0.2) is 9.59 Å². The summed E-state index contributed by atoms with van der Waals surface area (Å²) in [6, 6.07) is 24.4. The number of ether oxygens (including phenoxy) is 1. The van der Waals surface area contributed by atoms with Crippen LogP contribution in [0.1, 0.15) is 66.9 Å². The van der Waals surface area contributed by atoms with Crippen molar-refractivity contribution in [2.45, 2.75) is 59.1 Å². The van der Waals surface area contributed by atoms with E-state index in [0.29, 0.717) is 23.6 Å². The van der Waals surface area contributed by atoms with Gasteiger partial charge in [0.2, 0.25) is 0 Å². The molecule has 4 aromatic rings. The highest BCUT2D eigenvalue weighted by molar-refractivity contribution is 6.02. The van der Waals surface area contributed by atoms with Crippen molar-refractivity contribution in [3.63, 3.8) is 0 Å². The van der Waals surface area contributed by atoms with Crippen molar-refractivity contribution >= 4 is 35.1 Å². The smallest absolute Gasteiger partial charge is 0.412 e. The molecule has 0 saturated carbocycles. The quantitative estimate of drug-likeness (QED) is 0.168. The van der Waals surface area contributed by atoms with Crippen molar-refractivity contribution in [2.75, 3.05) is 5.32 Å². The summed E-state index contributed by atoms with van der Waals surface area (Å²) >= 11 is 0. The molecule has 2 amide bonds. The van der Waals surface area contributed by atoms with E-state index in [2.05, 4.69) is 22.7 Å². The molecule has 1 aliphatic rings. The summed E-state index contributed by atoms with van der Waals surface area (Å²) in [6.45, 7) is 9.45. The maximum Gasteiger partial charge on any atom is 0.412 e. The number of carbonyl (C=O) groups excluding carboxylic acids is 2. The topological polar surface area (TPSA) is 139 Å². The summed E-state index contributed by atoms with van der Waals surface area (Å²) in [4.78, 5) is 42.9. The van der Waals surface area contributed by atoms with E-state index in [4.69, 9.17) is 14.0 Å². The van der Waals surface area contributed by atoms with Gasteiger partial charge in [-0.1, -0.05) is 66.2 Å². The Bertz CT molecular complexity index is 1830. The van der Waals surface area contributed by atoms with Crippen LogP contribution >= 0.6 is 0 Å². The van der Waals surface area contributed by atoms with E-state index in [1.165, 1.54) is 6.07 Å². The zero-order chi connectivity index (χ0) is 34.4. The molecular weight excluding hydrogens is 610 g/mol. The number of rotatable bonds is 9. The molecule has 5 rings (SSSR count). The summed E-state index contributed by atoms with van der Waals surface area (Å²) in [6.07, 6.45) is 2.21. The zero-order valence-electron chi connectivity index (χ0n) is 27.6. The minimum Gasteiger partial charge on any atom is -0.480 e. The number of amides is 2. The Labute approximate surface area is 279 Å². The molecule has 3 N–H and O–H groups in total. The van der Waals surface area contributed by atoms with Gasteiger partial charge in [0.15, 0.2) is 11.5 Å². The van der Waals surface area contributed by atoms with Crippen molar-refractivity contribution in [2.24, 2.45) is 11.1 Å². The molecule has 0 bridgehead atoms. The molecule has 1 aromatic heterocycles. The van der Waals surface area contributed by atoms with Crippen LogP contribution in [0.4, 0.5) is 10.5 Å². The number of carboxylic acids is 1. The van der Waals surface area contributed by atoms with Crippen LogP contribution in [0.2, 0.25) is 0 Å². The number of anilines is 1. The fraction of sp³-hybridized carbons (Fsp3) is 0.263. The molecule has 2 heterocycles. The number of carbonyl (C=O) groups is 3. The van der Waals surface area contributed by atoms with Crippen LogP contribution in [-0.4, -0.2) is 40.4 Å². The SMILES string of the molecule is Cc1ccc(-c2ccc(C(=O)NC(Cc3ccc(C4=NOC(c5ccc(NC(=O)OC(C)(C)C)cc5)=CCC4C)cc3)C(=O)O)o2)cc1. The first kappa shape index (κ1) is 33.7. The molecule has 0 saturated heterocycles. The molecular formula is C38H39N3O7. The number of benzene rings is 3. The van der Waals surface area contributed by atoms with Gasteiger partial charge in [0.05, 0.1) is 5.71 Å². The first-order chi connectivity index (χ1) is 22.8. The molecule has 248 valence electrons. The van der Waals surface area contributed by atoms with Crippen molar-refractivity contribution in [3.8, 4) is 11.3 Å². The third kappa shape index (κ3) is 8.79. The van der Waals surface area contributed by atoms with Gasteiger partial charge in [-0.05, 0) is 87.7 Å². The fourth-order valence-corrected chi connectivity index (χ4v) is 5.08. The Kier molecular flexibility index (Phi) is 10.1. The van der Waals surface area contributed by atoms with Gasteiger partial charge in [-0.3, -0.25) is 10.1 Å². The van der Waals surface area contributed by atoms with E-state index in [-0.39, 0.29) is 18.1 Å². The molecule has 2 unspecified atom stereocenters. The molecule has 0 fully saturated rings. The van der Waals surface area contributed by atoms with E-state index in [1.807, 2.05) is 73.7 Å². The molecule has 10 heteroatoms. The third-order valence-corrected chi connectivity index (χ3v) is 7.64. The van der Waals surface area contributed by atoms with E-state index >= 15 is 0 Å². The molecule has 0 spiro atoms. The van der Waals surface area contributed by atoms with Crippen LogP contribution in [-0.2, 0) is 20.8 Å². The number of aryl methyl sites for hydroxylation is 1. The highest BCUT2D eigenvalue weighted by atomic mass is 16.6. The fourth-order valence-electron chi connectivity index (χ4n) is 5.08. The molecule has 10 nitrogen and oxygen atoms in total. The lowest BCUT2D eigenvalue weighted by molar-refractivity contribution is -0.139. The average molecular weight is 650 g/mol. The largest absolute Gasteiger partial charge is 0.480 e. The predicted octanol–water partition coefficient (Wildman–Crippen LogP) is 7.83. The monoisotopic (exact) mass is 649 g/mol. The Morgan fingerprint density at radius 3 is 2.21 bits per heavy atom. The van der Waals surface area contributed by atoms with E-state index in [0.717, 1.165) is 33.5 Å². The second-order valence-corrected chi connectivity index (χ2v) is 12.8. The average Bonchev–Trinajstić information content (AvgIpc) is 3.45. The van der Waals surface area contributed by atoms with Gasteiger partial charge >= 0.3 is 12.1 Å². The molecule has 0 radical (unpaired) electrons. The van der Waals surface area contributed by atoms with E-state index in [9.17, 15) is 19.5 Å². The van der Waals surface area contributed by atoms with Crippen LogP contribution < -0.4 is 10.6 Å². The van der Waals surface area contributed by atoms with Crippen LogP contribution in [0.15, 0.2) is 101 Å². The summed E-state index contributed by atoms with van der Waals surface area (Å²) in [5, 5.41) is 19.6. The second-order valence-electron chi connectivity index (χ2n) is 12.8. The van der Waals surface area contributed by atoms with Crippen molar-refractivity contribution in [1.82, 2.24) is 5.32 Å². The van der Waals surface area contributed by atoms with Crippen molar-refractivity contribution < 1.29 is 33.5 Å². The Balaban J connectivity index is 1.20. The second kappa shape index (κ2) is 14.4. The zero-order valence-corrected chi connectivity index (χ0v) is 27.6. The number of allylic oxidation sites excluding steroid dienone is 1. The number of carboxylic acid groups (broad SMARTS) is 1. The van der Waals surface area contributed by atoms with Gasteiger partial charge in [-0.2, -0.15) is 0 Å². The van der Waals surface area contributed by atoms with Crippen LogP contribution in [0.25, 0.3) is 17.1 Å². The number of aliphatic carboxylic acids is 1. The normalized spacial score (nSPS) is 15.2. The number of nitrogens with one attached hydrogen (secondary N) is 2. The van der Waals surface area contributed by atoms with Crippen LogP contribution in [0, 0.1) is 12.8 Å². The lowest BCUT2D eigenvalue weighted by Gasteiger charge is -2.19. The summed E-state index contributed by atoms with van der Waals surface area (Å²) < 4.78 is 11.0. The highest BCUT2D eigenvalue weighted by Gasteiger charge is 2.24. The maximum absolute atomic E-state index is 12.9. The maximum atomic E-state index is 12.9. The Morgan fingerprint density at radius 1 is 0.917 bits per heavy atom. The van der Waals surface area contributed by atoms with Gasteiger partial charge in [0.25, 0.3) is 5.91 Å². The lowest BCUT2D eigenvalue weighted by Crippen LogP contribution is -2.42. The molecule has 3 aromatic carbocycles. The Hall–Kier alpha value is -5.64. The first-order valence-corrected chi connectivity index (χ1v) is 15.7. The van der Waals surface area contributed by atoms with Gasteiger partial charge in [0, 0.05) is 29.2 Å². The van der Waals surface area contributed by atoms with Crippen molar-refractivity contribution in [1.29, 1.82) is 0 Å². The molecule has 0 aliphatic carbocycles. The Morgan fingerprint density at radius 2 is 1.56 bits per heavy atom. The first-order valence-electron chi connectivity index (χ1n) is 15.7. The lowest BCUT2D eigenvalue weighted by atomic mass is 9.93. The minimum atomic E-state index is -1.16.